The first kappa shape index (κ1) is 9.78. The summed E-state index contributed by atoms with van der Waals surface area (Å²) in [6.45, 7) is 1.48. The zero-order valence-electron chi connectivity index (χ0n) is 7.40. The van der Waals surface area contributed by atoms with Crippen LogP contribution in [0.1, 0.15) is 6.92 Å². The highest BCUT2D eigenvalue weighted by Gasteiger charge is 2.35. The first-order valence-electron chi connectivity index (χ1n) is 3.72. The Morgan fingerprint density at radius 2 is 2.46 bits per heavy atom. The molecule has 13 heavy (non-hydrogen) atoms. The maximum absolute atomic E-state index is 11.3. The number of carbonyl (C=O) groups is 1. The van der Waals surface area contributed by atoms with Gasteiger partial charge in [0.25, 0.3) is 0 Å². The molecule has 0 aromatic rings. The van der Waals surface area contributed by atoms with E-state index in [4.69, 9.17) is 9.84 Å². The highest BCUT2D eigenvalue weighted by Crippen LogP contribution is 2.18. The van der Waals surface area contributed by atoms with Gasteiger partial charge in [0.05, 0.1) is 7.11 Å². The van der Waals surface area contributed by atoms with Gasteiger partial charge in [-0.05, 0) is 25.0 Å². The van der Waals surface area contributed by atoms with E-state index in [1.54, 1.807) is 0 Å². The molecule has 0 spiro atoms. The monoisotopic (exact) mass is 182 g/mol. The molecule has 0 amide bonds. The third-order valence-corrected chi connectivity index (χ3v) is 1.63. The van der Waals surface area contributed by atoms with Crippen LogP contribution in [0.3, 0.4) is 0 Å². The predicted molar refractivity (Wildman–Crippen MR) is 44.4 cm³/mol. The lowest BCUT2D eigenvalue weighted by molar-refractivity contribution is -0.159. The van der Waals surface area contributed by atoms with Crippen LogP contribution < -0.4 is 0 Å². The fraction of sp³-hybridized carbons (Fsp3) is 0.444. The Bertz CT molecular complexity index is 296. The molecule has 0 aromatic carbocycles. The molecule has 0 aromatic heterocycles. The summed E-state index contributed by atoms with van der Waals surface area (Å²) in [5, 5.41) is 9.09. The molecule has 4 heteroatoms. The number of ether oxygens (including phenoxy) is 2. The minimum absolute atomic E-state index is 0.303. The topological polar surface area (TPSA) is 55.8 Å². The minimum Gasteiger partial charge on any atom is -0.450 e. The lowest BCUT2D eigenvalue weighted by atomic mass is 9.99. The number of methoxy groups -OCH3 is 1. The Kier molecular flexibility index (Phi) is 2.71. The van der Waals surface area contributed by atoms with Crippen molar-refractivity contribution in [1.82, 2.24) is 0 Å². The van der Waals surface area contributed by atoms with Gasteiger partial charge in [0.2, 0.25) is 0 Å². The molecule has 70 valence electrons. The number of hydrogen-bond donors (Lipinski definition) is 1. The van der Waals surface area contributed by atoms with Gasteiger partial charge in [-0.2, -0.15) is 0 Å². The average molecular weight is 182 g/mol. The molecule has 2 atom stereocenters. The largest absolute Gasteiger partial charge is 0.450 e. The Balaban J connectivity index is 2.89. The molecule has 4 nitrogen and oxygen atoms in total. The molecule has 0 fully saturated rings. The molecular formula is C9H10O4. The highest BCUT2D eigenvalue weighted by molar-refractivity contribution is 6.00. The van der Waals surface area contributed by atoms with E-state index >= 15 is 0 Å². The number of ketones is 1. The third-order valence-electron chi connectivity index (χ3n) is 1.63. The molecule has 1 aliphatic heterocycles. The second-order valence-corrected chi connectivity index (χ2v) is 2.70. The van der Waals surface area contributed by atoms with Crippen LogP contribution in [-0.2, 0) is 14.3 Å². The van der Waals surface area contributed by atoms with Gasteiger partial charge >= 0.3 is 0 Å². The summed E-state index contributed by atoms with van der Waals surface area (Å²) in [6.07, 6.45) is 3.69. The van der Waals surface area contributed by atoms with Gasteiger partial charge in [-0.15, -0.1) is 0 Å². The molecule has 1 rings (SSSR count). The van der Waals surface area contributed by atoms with Gasteiger partial charge in [0, 0.05) is 0 Å². The SMILES string of the molecule is COC#CC1(C)OC(O)C=CC1=O. The lowest BCUT2D eigenvalue weighted by Gasteiger charge is -2.26. The molecule has 0 aliphatic carbocycles. The molecule has 0 saturated heterocycles. The molecule has 1 aliphatic rings. The summed E-state index contributed by atoms with van der Waals surface area (Å²) in [4.78, 5) is 11.3. The molecule has 1 N–H and O–H groups in total. The van der Waals surface area contributed by atoms with E-state index in [1.807, 2.05) is 0 Å². The van der Waals surface area contributed by atoms with Crippen molar-refractivity contribution in [1.29, 1.82) is 0 Å². The van der Waals surface area contributed by atoms with Crippen LogP contribution in [0.4, 0.5) is 0 Å². The Morgan fingerprint density at radius 3 is 3.08 bits per heavy atom. The zero-order chi connectivity index (χ0) is 9.90. The molecule has 1 heterocycles. The number of carbonyl (C=O) groups excluding carboxylic acids is 1. The van der Waals surface area contributed by atoms with E-state index in [9.17, 15) is 4.79 Å². The van der Waals surface area contributed by atoms with Crippen molar-refractivity contribution in [3.8, 4) is 12.0 Å². The maximum atomic E-state index is 11.3. The van der Waals surface area contributed by atoms with Crippen LogP contribution in [-0.4, -0.2) is 29.9 Å². The summed E-state index contributed by atoms with van der Waals surface area (Å²) in [6, 6.07) is 0. The van der Waals surface area contributed by atoms with Crippen molar-refractivity contribution >= 4 is 5.78 Å². The smallest absolute Gasteiger partial charge is 0.199 e. The van der Waals surface area contributed by atoms with Gasteiger partial charge in [-0.3, -0.25) is 4.79 Å². The summed E-state index contributed by atoms with van der Waals surface area (Å²) in [5.41, 5.74) is -1.30. The molecule has 0 radical (unpaired) electrons. The minimum atomic E-state index is -1.30. The van der Waals surface area contributed by atoms with Crippen molar-refractivity contribution in [2.45, 2.75) is 18.8 Å². The normalized spacial score (nSPS) is 32.2. The fourth-order valence-corrected chi connectivity index (χ4v) is 0.907. The van der Waals surface area contributed by atoms with E-state index in [0.717, 1.165) is 0 Å². The summed E-state index contributed by atoms with van der Waals surface area (Å²) in [7, 11) is 1.38. The Morgan fingerprint density at radius 1 is 1.77 bits per heavy atom. The summed E-state index contributed by atoms with van der Waals surface area (Å²) >= 11 is 0. The van der Waals surface area contributed by atoms with Crippen molar-refractivity contribution in [3.63, 3.8) is 0 Å². The number of aliphatic hydroxyl groups excluding tert-OH is 1. The van der Waals surface area contributed by atoms with Crippen LogP contribution in [0.5, 0.6) is 0 Å². The molecule has 0 saturated carbocycles. The van der Waals surface area contributed by atoms with Gasteiger partial charge in [-0.25, -0.2) is 0 Å². The number of hydrogen-bond acceptors (Lipinski definition) is 4. The van der Waals surface area contributed by atoms with Crippen molar-refractivity contribution in [3.05, 3.63) is 12.2 Å². The van der Waals surface area contributed by atoms with Crippen molar-refractivity contribution < 1.29 is 19.4 Å². The van der Waals surface area contributed by atoms with Crippen LogP contribution in [0.15, 0.2) is 12.2 Å². The van der Waals surface area contributed by atoms with Crippen LogP contribution in [0.2, 0.25) is 0 Å². The first-order chi connectivity index (χ1) is 6.08. The molecule has 0 bridgehead atoms. The average Bonchev–Trinajstić information content (AvgIpc) is 2.09. The first-order valence-corrected chi connectivity index (χ1v) is 3.72. The zero-order valence-corrected chi connectivity index (χ0v) is 7.40. The van der Waals surface area contributed by atoms with Gasteiger partial charge in [0.15, 0.2) is 17.7 Å². The van der Waals surface area contributed by atoms with E-state index < -0.39 is 11.9 Å². The predicted octanol–water partition coefficient (Wildman–Crippen LogP) is -0.174. The molecule has 2 unspecified atom stereocenters. The van der Waals surface area contributed by atoms with Crippen LogP contribution in [0.25, 0.3) is 0 Å². The van der Waals surface area contributed by atoms with E-state index in [0.29, 0.717) is 0 Å². The number of aliphatic hydroxyl groups is 1. The second-order valence-electron chi connectivity index (χ2n) is 2.70. The molecular weight excluding hydrogens is 172 g/mol. The third kappa shape index (κ3) is 2.08. The highest BCUT2D eigenvalue weighted by atomic mass is 16.6. The maximum Gasteiger partial charge on any atom is 0.199 e. The second kappa shape index (κ2) is 3.60. The quantitative estimate of drug-likeness (QED) is 0.528. The fourth-order valence-electron chi connectivity index (χ4n) is 0.907. The Hall–Kier alpha value is -1.31. The van der Waals surface area contributed by atoms with Crippen LogP contribution in [0, 0.1) is 12.0 Å². The van der Waals surface area contributed by atoms with Crippen molar-refractivity contribution in [2.24, 2.45) is 0 Å². The standard InChI is InChI=1S/C9H10O4/c1-9(5-6-12-2)7(10)3-4-8(11)13-9/h3-4,8,11H,1-2H3. The van der Waals surface area contributed by atoms with Gasteiger partial charge in [0.1, 0.15) is 6.11 Å². The Labute approximate surface area is 76.1 Å². The summed E-state index contributed by atoms with van der Waals surface area (Å²) < 4.78 is 9.45. The number of rotatable bonds is 0. The van der Waals surface area contributed by atoms with Gasteiger partial charge < -0.3 is 14.6 Å². The lowest BCUT2D eigenvalue weighted by Crippen LogP contribution is -2.42. The van der Waals surface area contributed by atoms with Gasteiger partial charge in [-0.1, -0.05) is 0 Å². The van der Waals surface area contributed by atoms with Crippen molar-refractivity contribution in [2.75, 3.05) is 7.11 Å². The van der Waals surface area contributed by atoms with E-state index in [1.165, 1.54) is 26.2 Å². The van der Waals surface area contributed by atoms with E-state index in [-0.39, 0.29) is 5.78 Å². The van der Waals surface area contributed by atoms with E-state index in [2.05, 4.69) is 16.8 Å². The van der Waals surface area contributed by atoms with Crippen LogP contribution >= 0.6 is 0 Å². The summed E-state index contributed by atoms with van der Waals surface area (Å²) in [5.74, 6) is 2.17.